The van der Waals surface area contributed by atoms with Crippen molar-refractivity contribution in [3.05, 3.63) is 64.5 Å². The Hall–Kier alpha value is -3.23. The minimum absolute atomic E-state index is 0.117. The number of thiazole rings is 1. The van der Waals surface area contributed by atoms with Gasteiger partial charge in [-0.3, -0.25) is 19.8 Å². The van der Waals surface area contributed by atoms with Gasteiger partial charge in [-0.25, -0.2) is 4.98 Å². The Morgan fingerprint density at radius 1 is 1.08 bits per heavy atom. The summed E-state index contributed by atoms with van der Waals surface area (Å²) in [6, 6.07) is 13.2. The maximum absolute atomic E-state index is 12.8. The van der Waals surface area contributed by atoms with Crippen molar-refractivity contribution in [1.82, 2.24) is 15.2 Å². The van der Waals surface area contributed by atoms with E-state index in [0.717, 1.165) is 42.9 Å². The molecule has 0 radical (unpaired) electrons. The summed E-state index contributed by atoms with van der Waals surface area (Å²) in [5.74, 6) is 0.399. The van der Waals surface area contributed by atoms with Crippen LogP contribution in [0.2, 0.25) is 0 Å². The molecule has 2 amide bonds. The van der Waals surface area contributed by atoms with Gasteiger partial charge in [-0.2, -0.15) is 0 Å². The van der Waals surface area contributed by atoms with Gasteiger partial charge in [0.15, 0.2) is 5.13 Å². The molecule has 1 saturated heterocycles. The van der Waals surface area contributed by atoms with Crippen LogP contribution in [0.15, 0.2) is 47.8 Å². The number of likely N-dealkylation sites (N-methyl/N-ethyl adjacent to an activating group) is 1. The van der Waals surface area contributed by atoms with Crippen molar-refractivity contribution in [2.24, 2.45) is 0 Å². The fourth-order valence-corrected chi connectivity index (χ4v) is 5.24. The van der Waals surface area contributed by atoms with E-state index in [2.05, 4.69) is 46.5 Å². The number of nitrogens with one attached hydrogen (secondary N) is 2. The number of amides is 2. The van der Waals surface area contributed by atoms with Crippen molar-refractivity contribution >= 4 is 28.3 Å². The van der Waals surface area contributed by atoms with E-state index in [4.69, 9.17) is 4.74 Å². The van der Waals surface area contributed by atoms with Gasteiger partial charge in [-0.1, -0.05) is 19.9 Å². The number of hydrogen-bond donors (Lipinski definition) is 2. The van der Waals surface area contributed by atoms with Crippen molar-refractivity contribution in [1.29, 1.82) is 0 Å². The van der Waals surface area contributed by atoms with Crippen LogP contribution in [-0.2, 0) is 6.42 Å². The van der Waals surface area contributed by atoms with Crippen molar-refractivity contribution in [2.75, 3.05) is 31.6 Å². The molecule has 1 aromatic heterocycles. The maximum Gasteiger partial charge on any atom is 0.257 e. The number of likely N-dealkylation sites (tertiary alicyclic amines) is 1. The lowest BCUT2D eigenvalue weighted by molar-refractivity contribution is 0.0939. The Morgan fingerprint density at radius 2 is 1.83 bits per heavy atom. The fraction of sp³-hybridized carbons (Fsp3) is 0.393. The van der Waals surface area contributed by atoms with E-state index >= 15 is 0 Å². The molecule has 36 heavy (non-hydrogen) atoms. The molecular weight excluding hydrogens is 472 g/mol. The minimum atomic E-state index is -0.264. The van der Waals surface area contributed by atoms with Gasteiger partial charge in [-0.15, -0.1) is 11.3 Å². The van der Waals surface area contributed by atoms with Gasteiger partial charge >= 0.3 is 0 Å². The molecule has 8 heteroatoms. The quantitative estimate of drug-likeness (QED) is 0.393. The van der Waals surface area contributed by atoms with Crippen LogP contribution in [0.3, 0.4) is 0 Å². The molecule has 190 valence electrons. The molecule has 0 saturated carbocycles. The largest absolute Gasteiger partial charge is 0.493 e. The highest BCUT2D eigenvalue weighted by Gasteiger charge is 2.23. The first-order valence-electron chi connectivity index (χ1n) is 12.7. The highest BCUT2D eigenvalue weighted by molar-refractivity contribution is 7.14. The monoisotopic (exact) mass is 506 g/mol. The van der Waals surface area contributed by atoms with E-state index in [0.29, 0.717) is 35.5 Å². The number of ether oxygens (including phenoxy) is 1. The number of nitrogens with zero attached hydrogens (tertiary/aromatic N) is 2. The summed E-state index contributed by atoms with van der Waals surface area (Å²) in [5, 5.41) is 8.34. The number of hydrogen-bond acceptors (Lipinski definition) is 6. The number of carbonyl (C=O) groups is 2. The summed E-state index contributed by atoms with van der Waals surface area (Å²) in [7, 11) is 0. The van der Waals surface area contributed by atoms with Crippen LogP contribution < -0.4 is 15.4 Å². The van der Waals surface area contributed by atoms with Gasteiger partial charge in [-0.05, 0) is 81.2 Å². The van der Waals surface area contributed by atoms with Crippen LogP contribution in [0.25, 0.3) is 11.3 Å². The Bertz CT molecular complexity index is 1190. The second-order valence-electron chi connectivity index (χ2n) is 8.82. The first-order valence-corrected chi connectivity index (χ1v) is 13.6. The van der Waals surface area contributed by atoms with Gasteiger partial charge < -0.3 is 10.1 Å². The van der Waals surface area contributed by atoms with Crippen LogP contribution in [0.1, 0.15) is 59.9 Å². The summed E-state index contributed by atoms with van der Waals surface area (Å²) in [5.41, 5.74) is 3.90. The average Bonchev–Trinajstić information content (AvgIpc) is 3.57. The summed E-state index contributed by atoms with van der Waals surface area (Å²) in [6.45, 7) is 9.53. The molecule has 4 rings (SSSR count). The zero-order chi connectivity index (χ0) is 25.5. The highest BCUT2D eigenvalue weighted by atomic mass is 32.1. The number of benzene rings is 2. The van der Waals surface area contributed by atoms with Crippen LogP contribution in [-0.4, -0.2) is 54.0 Å². The van der Waals surface area contributed by atoms with Gasteiger partial charge in [0.25, 0.3) is 11.8 Å². The second kappa shape index (κ2) is 12.1. The number of anilines is 1. The molecular formula is C28H34N4O3S. The molecule has 1 unspecified atom stereocenters. The SMILES string of the molecule is CCOc1ccc(CC)cc1-c1csc(NC(=O)c2ccc(C(=O)NCC3CCCN3CC)cc2)n1. The summed E-state index contributed by atoms with van der Waals surface area (Å²) in [6.07, 6.45) is 3.21. The van der Waals surface area contributed by atoms with Crippen molar-refractivity contribution < 1.29 is 14.3 Å². The van der Waals surface area contributed by atoms with Gasteiger partial charge in [0.05, 0.1) is 12.3 Å². The zero-order valence-electron chi connectivity index (χ0n) is 21.2. The fourth-order valence-electron chi connectivity index (χ4n) is 4.53. The summed E-state index contributed by atoms with van der Waals surface area (Å²) >= 11 is 1.37. The second-order valence-corrected chi connectivity index (χ2v) is 9.68. The number of aryl methyl sites for hydroxylation is 1. The molecule has 0 bridgehead atoms. The molecule has 1 atom stereocenters. The first kappa shape index (κ1) is 25.9. The third-order valence-electron chi connectivity index (χ3n) is 6.57. The number of rotatable bonds is 10. The average molecular weight is 507 g/mol. The van der Waals surface area contributed by atoms with Gasteiger partial charge in [0, 0.05) is 34.7 Å². The summed E-state index contributed by atoms with van der Waals surface area (Å²) < 4.78 is 5.78. The van der Waals surface area contributed by atoms with E-state index in [1.807, 2.05) is 18.4 Å². The Labute approximate surface area is 216 Å². The first-order chi connectivity index (χ1) is 17.5. The predicted molar refractivity (Wildman–Crippen MR) is 145 cm³/mol. The molecule has 1 aliphatic rings. The Balaban J connectivity index is 1.38. The molecule has 0 spiro atoms. The van der Waals surface area contributed by atoms with E-state index < -0.39 is 0 Å². The van der Waals surface area contributed by atoms with Crippen LogP contribution in [0.5, 0.6) is 5.75 Å². The van der Waals surface area contributed by atoms with Crippen molar-refractivity contribution in [3.8, 4) is 17.0 Å². The van der Waals surface area contributed by atoms with Crippen LogP contribution in [0, 0.1) is 0 Å². The molecule has 3 aromatic rings. The van der Waals surface area contributed by atoms with Crippen molar-refractivity contribution in [3.63, 3.8) is 0 Å². The standard InChI is InChI=1S/C28H34N4O3S/c1-4-19-9-14-25(35-6-3)23(16-19)24-18-36-28(30-24)31-27(34)21-12-10-20(11-13-21)26(33)29-17-22-8-7-15-32(22)5-2/h9-14,16,18,22H,4-8,15,17H2,1-3H3,(H,29,33)(H,30,31,34). The van der Waals surface area contributed by atoms with Gasteiger partial charge in [0.2, 0.25) is 0 Å². The lowest BCUT2D eigenvalue weighted by atomic mass is 10.1. The molecule has 2 aromatic carbocycles. The van der Waals surface area contributed by atoms with Crippen LogP contribution in [0.4, 0.5) is 5.13 Å². The third kappa shape index (κ3) is 6.12. The number of aromatic nitrogens is 1. The normalized spacial score (nSPS) is 15.6. The van der Waals surface area contributed by atoms with E-state index in [-0.39, 0.29) is 11.8 Å². The van der Waals surface area contributed by atoms with Gasteiger partial charge in [0.1, 0.15) is 5.75 Å². The molecule has 0 aliphatic carbocycles. The summed E-state index contributed by atoms with van der Waals surface area (Å²) in [4.78, 5) is 32.4. The topological polar surface area (TPSA) is 83.6 Å². The maximum atomic E-state index is 12.8. The molecule has 1 aliphatic heterocycles. The minimum Gasteiger partial charge on any atom is -0.493 e. The van der Waals surface area contributed by atoms with Crippen LogP contribution >= 0.6 is 11.3 Å². The molecule has 7 nitrogen and oxygen atoms in total. The molecule has 2 N–H and O–H groups in total. The van der Waals surface area contributed by atoms with E-state index in [1.54, 1.807) is 24.3 Å². The Kier molecular flexibility index (Phi) is 8.72. The molecule has 2 heterocycles. The zero-order valence-corrected chi connectivity index (χ0v) is 22.0. The third-order valence-corrected chi connectivity index (χ3v) is 7.32. The predicted octanol–water partition coefficient (Wildman–Crippen LogP) is 5.24. The Morgan fingerprint density at radius 3 is 2.53 bits per heavy atom. The lowest BCUT2D eigenvalue weighted by Crippen LogP contribution is -2.40. The lowest BCUT2D eigenvalue weighted by Gasteiger charge is -2.22. The smallest absolute Gasteiger partial charge is 0.257 e. The highest BCUT2D eigenvalue weighted by Crippen LogP contribution is 2.33. The van der Waals surface area contributed by atoms with E-state index in [9.17, 15) is 9.59 Å². The molecule has 1 fully saturated rings. The van der Waals surface area contributed by atoms with Crippen molar-refractivity contribution in [2.45, 2.75) is 46.1 Å². The number of carbonyl (C=O) groups excluding carboxylic acids is 2. The van der Waals surface area contributed by atoms with E-state index in [1.165, 1.54) is 23.3 Å².